The largest absolute Gasteiger partial charge is 0.394 e. The highest BCUT2D eigenvalue weighted by Crippen LogP contribution is 2.02. The summed E-state index contributed by atoms with van der Waals surface area (Å²) in [6, 6.07) is 0. The van der Waals surface area contributed by atoms with Crippen LogP contribution in [0.3, 0.4) is 0 Å². The van der Waals surface area contributed by atoms with Gasteiger partial charge in [-0.05, 0) is 13.8 Å². The molecule has 1 rings (SSSR count). The number of amides is 1. The molecule has 1 aromatic rings. The van der Waals surface area contributed by atoms with Gasteiger partial charge in [-0.3, -0.25) is 4.79 Å². The van der Waals surface area contributed by atoms with Gasteiger partial charge in [0, 0.05) is 12.4 Å². The zero-order chi connectivity index (χ0) is 10.6. The summed E-state index contributed by atoms with van der Waals surface area (Å²) in [6.07, 6.45) is 4.21. The van der Waals surface area contributed by atoms with E-state index in [0.717, 1.165) is 0 Å². The van der Waals surface area contributed by atoms with Crippen LogP contribution in [0.25, 0.3) is 0 Å². The number of hydrogen-bond acceptors (Lipinski definition) is 4. The quantitative estimate of drug-likeness (QED) is 0.710. The van der Waals surface area contributed by atoms with Crippen molar-refractivity contribution in [1.82, 2.24) is 15.3 Å². The van der Waals surface area contributed by atoms with E-state index in [1.54, 1.807) is 13.8 Å². The molecule has 0 saturated carbocycles. The van der Waals surface area contributed by atoms with E-state index in [4.69, 9.17) is 5.11 Å². The number of aliphatic hydroxyl groups excluding tert-OH is 1. The molecule has 0 aliphatic heterocycles. The van der Waals surface area contributed by atoms with Crippen LogP contribution in [-0.2, 0) is 0 Å². The van der Waals surface area contributed by atoms with Crippen LogP contribution in [0.15, 0.2) is 18.7 Å². The van der Waals surface area contributed by atoms with Crippen molar-refractivity contribution in [2.24, 2.45) is 0 Å². The van der Waals surface area contributed by atoms with Gasteiger partial charge in [-0.25, -0.2) is 9.97 Å². The van der Waals surface area contributed by atoms with E-state index in [1.807, 2.05) is 0 Å². The molecule has 1 aromatic heterocycles. The topological polar surface area (TPSA) is 75.1 Å². The molecule has 0 spiro atoms. The maximum atomic E-state index is 11.5. The Hall–Kier alpha value is -1.49. The van der Waals surface area contributed by atoms with Crippen molar-refractivity contribution in [3.63, 3.8) is 0 Å². The van der Waals surface area contributed by atoms with E-state index in [2.05, 4.69) is 15.3 Å². The maximum Gasteiger partial charge on any atom is 0.254 e. The summed E-state index contributed by atoms with van der Waals surface area (Å²) in [4.78, 5) is 19.0. The van der Waals surface area contributed by atoms with Gasteiger partial charge in [0.05, 0.1) is 17.7 Å². The van der Waals surface area contributed by atoms with Crippen LogP contribution in [0, 0.1) is 0 Å². The van der Waals surface area contributed by atoms with E-state index in [9.17, 15) is 4.79 Å². The van der Waals surface area contributed by atoms with Crippen LogP contribution in [0.4, 0.5) is 0 Å². The van der Waals surface area contributed by atoms with Crippen LogP contribution >= 0.6 is 0 Å². The Morgan fingerprint density at radius 3 is 2.57 bits per heavy atom. The van der Waals surface area contributed by atoms with Gasteiger partial charge in [-0.2, -0.15) is 0 Å². The number of hydrogen-bond donors (Lipinski definition) is 2. The van der Waals surface area contributed by atoms with Gasteiger partial charge >= 0.3 is 0 Å². The zero-order valence-corrected chi connectivity index (χ0v) is 8.19. The lowest BCUT2D eigenvalue weighted by molar-refractivity contribution is 0.0868. The maximum absolute atomic E-state index is 11.5. The molecule has 1 heterocycles. The van der Waals surface area contributed by atoms with Crippen molar-refractivity contribution in [3.05, 3.63) is 24.3 Å². The Labute approximate surface area is 82.2 Å². The number of aromatic nitrogens is 2. The van der Waals surface area contributed by atoms with Crippen LogP contribution in [-0.4, -0.2) is 33.1 Å². The minimum absolute atomic E-state index is 0.119. The second-order valence-corrected chi connectivity index (χ2v) is 3.62. The fraction of sp³-hybridized carbons (Fsp3) is 0.444. The summed E-state index contributed by atoms with van der Waals surface area (Å²) in [6.45, 7) is 3.34. The molecule has 2 N–H and O–H groups in total. The fourth-order valence-electron chi connectivity index (χ4n) is 0.835. The normalized spacial score (nSPS) is 11.1. The lowest BCUT2D eigenvalue weighted by atomic mass is 10.1. The Bertz CT molecular complexity index is 311. The SMILES string of the molecule is CC(C)(CO)NC(=O)c1cncnc1. The third-order valence-corrected chi connectivity index (χ3v) is 1.67. The van der Waals surface area contributed by atoms with Gasteiger partial charge in [0.1, 0.15) is 6.33 Å². The molecule has 76 valence electrons. The molecule has 1 amide bonds. The molecular formula is C9H13N3O2. The third-order valence-electron chi connectivity index (χ3n) is 1.67. The monoisotopic (exact) mass is 195 g/mol. The van der Waals surface area contributed by atoms with E-state index >= 15 is 0 Å². The molecule has 0 saturated heterocycles. The van der Waals surface area contributed by atoms with Crippen molar-refractivity contribution in [2.45, 2.75) is 19.4 Å². The molecule has 0 aliphatic rings. The van der Waals surface area contributed by atoms with Gasteiger partial charge in [0.2, 0.25) is 0 Å². The van der Waals surface area contributed by atoms with E-state index in [-0.39, 0.29) is 12.5 Å². The van der Waals surface area contributed by atoms with Crippen molar-refractivity contribution >= 4 is 5.91 Å². The van der Waals surface area contributed by atoms with E-state index in [1.165, 1.54) is 18.7 Å². The average Bonchev–Trinajstić information content (AvgIpc) is 2.19. The van der Waals surface area contributed by atoms with Crippen molar-refractivity contribution in [2.75, 3.05) is 6.61 Å². The number of nitrogens with one attached hydrogen (secondary N) is 1. The number of aliphatic hydroxyl groups is 1. The van der Waals surface area contributed by atoms with Crippen LogP contribution < -0.4 is 5.32 Å². The summed E-state index contributed by atoms with van der Waals surface area (Å²) >= 11 is 0. The molecule has 14 heavy (non-hydrogen) atoms. The Kier molecular flexibility index (Phi) is 3.14. The van der Waals surface area contributed by atoms with Crippen LogP contribution in [0.1, 0.15) is 24.2 Å². The molecule has 0 bridgehead atoms. The van der Waals surface area contributed by atoms with Crippen LogP contribution in [0.2, 0.25) is 0 Å². The standard InChI is InChI=1S/C9H13N3O2/c1-9(2,5-13)12-8(14)7-3-10-6-11-4-7/h3-4,6,13H,5H2,1-2H3,(H,12,14). The smallest absolute Gasteiger partial charge is 0.254 e. The highest BCUT2D eigenvalue weighted by atomic mass is 16.3. The first kappa shape index (κ1) is 10.6. The molecule has 0 radical (unpaired) electrons. The van der Waals surface area contributed by atoms with Crippen molar-refractivity contribution in [1.29, 1.82) is 0 Å². The van der Waals surface area contributed by atoms with E-state index < -0.39 is 5.54 Å². The van der Waals surface area contributed by atoms with Crippen LogP contribution in [0.5, 0.6) is 0 Å². The first-order valence-corrected chi connectivity index (χ1v) is 4.23. The highest BCUT2D eigenvalue weighted by Gasteiger charge is 2.19. The summed E-state index contributed by atoms with van der Waals surface area (Å²) < 4.78 is 0. The highest BCUT2D eigenvalue weighted by molar-refractivity contribution is 5.93. The predicted octanol–water partition coefficient (Wildman–Crippen LogP) is -0.0227. The first-order chi connectivity index (χ1) is 6.55. The lowest BCUT2D eigenvalue weighted by Crippen LogP contribution is -2.46. The average molecular weight is 195 g/mol. The molecule has 5 nitrogen and oxygen atoms in total. The minimum Gasteiger partial charge on any atom is -0.394 e. The molecule has 0 fully saturated rings. The van der Waals surface area contributed by atoms with Gasteiger partial charge < -0.3 is 10.4 Å². The predicted molar refractivity (Wildman–Crippen MR) is 50.7 cm³/mol. The summed E-state index contributed by atoms with van der Waals surface area (Å²) in [5, 5.41) is 11.6. The van der Waals surface area contributed by atoms with E-state index in [0.29, 0.717) is 5.56 Å². The van der Waals surface area contributed by atoms with Gasteiger partial charge in [0.15, 0.2) is 0 Å². The molecular weight excluding hydrogens is 182 g/mol. The summed E-state index contributed by atoms with van der Waals surface area (Å²) in [7, 11) is 0. The summed E-state index contributed by atoms with van der Waals surface area (Å²) in [5.41, 5.74) is -0.249. The van der Waals surface area contributed by atoms with Gasteiger partial charge in [0.25, 0.3) is 5.91 Å². The van der Waals surface area contributed by atoms with Gasteiger partial charge in [-0.1, -0.05) is 0 Å². The Balaban J connectivity index is 2.69. The number of carbonyl (C=O) groups is 1. The molecule has 5 heteroatoms. The molecule has 0 aliphatic carbocycles. The van der Waals surface area contributed by atoms with Crippen molar-refractivity contribution < 1.29 is 9.90 Å². The number of carbonyl (C=O) groups excluding carboxylic acids is 1. The third kappa shape index (κ3) is 2.77. The Morgan fingerprint density at radius 2 is 2.07 bits per heavy atom. The molecule has 0 unspecified atom stereocenters. The lowest BCUT2D eigenvalue weighted by Gasteiger charge is -2.23. The zero-order valence-electron chi connectivity index (χ0n) is 8.19. The second-order valence-electron chi connectivity index (χ2n) is 3.62. The summed E-state index contributed by atoms with van der Waals surface area (Å²) in [5.74, 6) is -0.287. The fourth-order valence-corrected chi connectivity index (χ4v) is 0.835. The number of rotatable bonds is 3. The van der Waals surface area contributed by atoms with Crippen molar-refractivity contribution in [3.8, 4) is 0 Å². The first-order valence-electron chi connectivity index (χ1n) is 4.23. The molecule has 0 aromatic carbocycles. The molecule has 0 atom stereocenters. The number of nitrogens with zero attached hydrogens (tertiary/aromatic N) is 2. The Morgan fingerprint density at radius 1 is 1.50 bits per heavy atom. The van der Waals surface area contributed by atoms with Gasteiger partial charge in [-0.15, -0.1) is 0 Å². The second kappa shape index (κ2) is 4.15. The minimum atomic E-state index is -0.632.